The summed E-state index contributed by atoms with van der Waals surface area (Å²) in [6.07, 6.45) is 1.21. The summed E-state index contributed by atoms with van der Waals surface area (Å²) in [4.78, 5) is 19.6. The van der Waals surface area contributed by atoms with Gasteiger partial charge in [-0.15, -0.1) is 0 Å². The highest BCUT2D eigenvalue weighted by Gasteiger charge is 2.18. The molecule has 1 aromatic carbocycles. The van der Waals surface area contributed by atoms with Crippen molar-refractivity contribution in [3.8, 4) is 0 Å². The van der Waals surface area contributed by atoms with Crippen LogP contribution in [-0.4, -0.2) is 15.9 Å². The lowest BCUT2D eigenvalue weighted by Crippen LogP contribution is -2.28. The lowest BCUT2D eigenvalue weighted by atomic mass is 10.1. The van der Waals surface area contributed by atoms with Crippen molar-refractivity contribution in [2.45, 2.75) is 13.0 Å². The summed E-state index contributed by atoms with van der Waals surface area (Å²) >= 11 is 11.6. The fourth-order valence-electron chi connectivity index (χ4n) is 1.56. The summed E-state index contributed by atoms with van der Waals surface area (Å²) in [5.41, 5.74) is 7.68. The van der Waals surface area contributed by atoms with E-state index in [0.29, 0.717) is 5.56 Å². The number of carbonyl (C=O) groups excluding carboxylic acids is 1. The Kier molecular flexibility index (Phi) is 4.54. The molecule has 0 aliphatic carbocycles. The molecule has 20 heavy (non-hydrogen) atoms. The monoisotopic (exact) mass is 310 g/mol. The van der Waals surface area contributed by atoms with Gasteiger partial charge in [0.05, 0.1) is 0 Å². The Morgan fingerprint density at radius 1 is 1.25 bits per heavy atom. The van der Waals surface area contributed by atoms with Gasteiger partial charge < -0.3 is 11.1 Å². The van der Waals surface area contributed by atoms with Crippen molar-refractivity contribution in [3.05, 3.63) is 51.9 Å². The van der Waals surface area contributed by atoms with Gasteiger partial charge in [-0.1, -0.05) is 53.0 Å². The highest BCUT2D eigenvalue weighted by atomic mass is 35.5. The highest BCUT2D eigenvalue weighted by molar-refractivity contribution is 6.42. The molecule has 0 radical (unpaired) electrons. The number of carbonyl (C=O) groups is 1. The van der Waals surface area contributed by atoms with Crippen LogP contribution in [0.5, 0.6) is 0 Å². The van der Waals surface area contributed by atoms with Crippen molar-refractivity contribution in [3.63, 3.8) is 0 Å². The predicted molar refractivity (Wildman–Crippen MR) is 78.8 cm³/mol. The molecule has 0 saturated heterocycles. The van der Waals surface area contributed by atoms with E-state index >= 15 is 0 Å². The van der Waals surface area contributed by atoms with Crippen LogP contribution in [0.25, 0.3) is 0 Å². The second-order valence-electron chi connectivity index (χ2n) is 4.20. The fraction of sp³-hybridized carbons (Fsp3) is 0.154. The lowest BCUT2D eigenvalue weighted by molar-refractivity contribution is -0.117. The van der Waals surface area contributed by atoms with E-state index < -0.39 is 11.9 Å². The van der Waals surface area contributed by atoms with Crippen molar-refractivity contribution in [1.29, 1.82) is 0 Å². The van der Waals surface area contributed by atoms with Gasteiger partial charge in [0, 0.05) is 0 Å². The maximum Gasteiger partial charge on any atom is 0.247 e. The van der Waals surface area contributed by atoms with E-state index in [1.807, 2.05) is 19.1 Å². The molecule has 0 fully saturated rings. The van der Waals surface area contributed by atoms with Crippen molar-refractivity contribution in [2.24, 2.45) is 5.73 Å². The minimum absolute atomic E-state index is 0.0703. The van der Waals surface area contributed by atoms with Gasteiger partial charge in [0.1, 0.15) is 17.4 Å². The van der Waals surface area contributed by atoms with E-state index in [1.54, 1.807) is 12.1 Å². The maximum atomic E-state index is 12.1. The molecule has 1 heterocycles. The van der Waals surface area contributed by atoms with Gasteiger partial charge in [-0.25, -0.2) is 9.97 Å². The van der Waals surface area contributed by atoms with Crippen LogP contribution in [0, 0.1) is 6.92 Å². The first-order chi connectivity index (χ1) is 9.49. The zero-order chi connectivity index (χ0) is 14.7. The molecule has 0 spiro atoms. The summed E-state index contributed by atoms with van der Waals surface area (Å²) < 4.78 is 0. The summed E-state index contributed by atoms with van der Waals surface area (Å²) in [5, 5.41) is 2.68. The molecule has 3 N–H and O–H groups in total. The zero-order valence-electron chi connectivity index (χ0n) is 10.6. The van der Waals surface area contributed by atoms with Crippen LogP contribution in [0.4, 0.5) is 5.82 Å². The molecule has 1 aromatic heterocycles. The van der Waals surface area contributed by atoms with E-state index in [2.05, 4.69) is 15.3 Å². The van der Waals surface area contributed by atoms with Crippen LogP contribution in [0.1, 0.15) is 17.2 Å². The minimum Gasteiger partial charge on any atom is -0.316 e. The number of aromatic nitrogens is 2. The molecule has 1 atom stereocenters. The third kappa shape index (κ3) is 3.25. The first-order valence-corrected chi connectivity index (χ1v) is 6.53. The van der Waals surface area contributed by atoms with E-state index in [0.717, 1.165) is 5.56 Å². The summed E-state index contributed by atoms with van der Waals surface area (Å²) in [7, 11) is 0. The Hall–Kier alpha value is -1.69. The van der Waals surface area contributed by atoms with Crippen molar-refractivity contribution in [2.75, 3.05) is 5.32 Å². The number of halogens is 2. The second-order valence-corrected chi connectivity index (χ2v) is 4.94. The van der Waals surface area contributed by atoms with Crippen LogP contribution in [0.15, 0.2) is 30.6 Å². The van der Waals surface area contributed by atoms with E-state index in [1.165, 1.54) is 6.33 Å². The standard InChI is InChI=1S/C13H12Cl2N4O/c1-7-2-4-8(5-3-7)10(16)13(20)19-12-9(14)11(15)17-6-18-12/h2-6,10H,16H2,1H3,(H,17,18,19,20). The Labute approximate surface area is 126 Å². The third-order valence-electron chi connectivity index (χ3n) is 2.71. The first-order valence-electron chi connectivity index (χ1n) is 5.78. The second kappa shape index (κ2) is 6.17. The summed E-state index contributed by atoms with van der Waals surface area (Å²) in [6, 6.07) is 6.55. The van der Waals surface area contributed by atoms with Crippen molar-refractivity contribution in [1.82, 2.24) is 9.97 Å². The van der Waals surface area contributed by atoms with Crippen LogP contribution >= 0.6 is 23.2 Å². The predicted octanol–water partition coefficient (Wildman–Crippen LogP) is 2.73. The van der Waals surface area contributed by atoms with Crippen LogP contribution in [0.3, 0.4) is 0 Å². The number of nitrogens with zero attached hydrogens (tertiary/aromatic N) is 2. The fourth-order valence-corrected chi connectivity index (χ4v) is 1.83. The Morgan fingerprint density at radius 3 is 2.55 bits per heavy atom. The topological polar surface area (TPSA) is 80.9 Å². The van der Waals surface area contributed by atoms with Crippen LogP contribution < -0.4 is 11.1 Å². The molecule has 1 unspecified atom stereocenters. The number of hydrogen-bond acceptors (Lipinski definition) is 4. The van der Waals surface area contributed by atoms with Gasteiger partial charge in [-0.2, -0.15) is 0 Å². The Morgan fingerprint density at radius 2 is 1.90 bits per heavy atom. The molecular formula is C13H12Cl2N4O. The highest BCUT2D eigenvalue weighted by Crippen LogP contribution is 2.26. The quantitative estimate of drug-likeness (QED) is 0.854. The molecule has 2 aromatic rings. The zero-order valence-corrected chi connectivity index (χ0v) is 12.1. The number of aryl methyl sites for hydroxylation is 1. The van der Waals surface area contributed by atoms with Gasteiger partial charge in [0.15, 0.2) is 11.0 Å². The van der Waals surface area contributed by atoms with Crippen molar-refractivity contribution < 1.29 is 4.79 Å². The third-order valence-corrected chi connectivity index (χ3v) is 3.45. The summed E-state index contributed by atoms with van der Waals surface area (Å²) in [6.45, 7) is 1.96. The van der Waals surface area contributed by atoms with E-state index in [9.17, 15) is 4.79 Å². The number of rotatable bonds is 3. The number of hydrogen-bond donors (Lipinski definition) is 2. The average molecular weight is 311 g/mol. The van der Waals surface area contributed by atoms with E-state index in [-0.39, 0.29) is 16.0 Å². The number of anilines is 1. The number of benzene rings is 1. The van der Waals surface area contributed by atoms with Gasteiger partial charge in [-0.3, -0.25) is 4.79 Å². The van der Waals surface area contributed by atoms with Gasteiger partial charge in [0.2, 0.25) is 5.91 Å². The molecule has 0 bridgehead atoms. The molecule has 7 heteroatoms. The first kappa shape index (κ1) is 14.7. The Bertz CT molecular complexity index is 631. The van der Waals surface area contributed by atoms with Gasteiger partial charge in [0.25, 0.3) is 0 Å². The molecular weight excluding hydrogens is 299 g/mol. The molecule has 5 nitrogen and oxygen atoms in total. The average Bonchev–Trinajstić information content (AvgIpc) is 2.44. The minimum atomic E-state index is -0.819. The number of nitrogens with two attached hydrogens (primary N) is 1. The molecule has 0 aliphatic heterocycles. The smallest absolute Gasteiger partial charge is 0.247 e. The number of amides is 1. The Balaban J connectivity index is 2.15. The maximum absolute atomic E-state index is 12.1. The van der Waals surface area contributed by atoms with Crippen molar-refractivity contribution >= 4 is 34.9 Å². The molecule has 104 valence electrons. The van der Waals surface area contributed by atoms with Gasteiger partial charge >= 0.3 is 0 Å². The molecule has 1 amide bonds. The number of nitrogens with one attached hydrogen (secondary N) is 1. The normalized spacial score (nSPS) is 12.0. The van der Waals surface area contributed by atoms with Gasteiger partial charge in [-0.05, 0) is 12.5 Å². The SMILES string of the molecule is Cc1ccc(C(N)C(=O)Nc2ncnc(Cl)c2Cl)cc1. The molecule has 0 saturated carbocycles. The van der Waals surface area contributed by atoms with Crippen LogP contribution in [-0.2, 0) is 4.79 Å². The molecule has 2 rings (SSSR count). The summed E-state index contributed by atoms with van der Waals surface area (Å²) in [5.74, 6) is -0.287. The van der Waals surface area contributed by atoms with E-state index in [4.69, 9.17) is 28.9 Å². The van der Waals surface area contributed by atoms with Crippen LogP contribution in [0.2, 0.25) is 10.2 Å². The lowest BCUT2D eigenvalue weighted by Gasteiger charge is -2.13. The largest absolute Gasteiger partial charge is 0.316 e. The molecule has 0 aliphatic rings.